The summed E-state index contributed by atoms with van der Waals surface area (Å²) in [6.07, 6.45) is 4.95. The van der Waals surface area contributed by atoms with Crippen LogP contribution in [-0.2, 0) is 11.5 Å². The normalized spacial score (nSPS) is 15.8. The molecule has 0 aromatic carbocycles. The maximum Gasteiger partial charge on any atom is 0.160 e. The van der Waals surface area contributed by atoms with Gasteiger partial charge >= 0.3 is 0 Å². The van der Waals surface area contributed by atoms with Gasteiger partial charge in [-0.1, -0.05) is 40.4 Å². The van der Waals surface area contributed by atoms with Crippen LogP contribution < -0.4 is 0 Å². The van der Waals surface area contributed by atoms with E-state index in [-0.39, 0.29) is 5.41 Å². The molecule has 6 heteroatoms. The van der Waals surface area contributed by atoms with Gasteiger partial charge in [-0.3, -0.25) is 4.99 Å². The molecule has 27 heavy (non-hydrogen) atoms. The van der Waals surface area contributed by atoms with Crippen molar-refractivity contribution in [2.24, 2.45) is 10.4 Å². The Morgan fingerprint density at radius 3 is 2.70 bits per heavy atom. The summed E-state index contributed by atoms with van der Waals surface area (Å²) in [5, 5.41) is 5.97. The van der Waals surface area contributed by atoms with Crippen LogP contribution in [0.5, 0.6) is 0 Å². The van der Waals surface area contributed by atoms with Gasteiger partial charge in [-0.15, -0.1) is 0 Å². The van der Waals surface area contributed by atoms with Gasteiger partial charge in [0.2, 0.25) is 0 Å². The first kappa shape index (κ1) is 20.0. The predicted octanol–water partition coefficient (Wildman–Crippen LogP) is 5.02. The maximum atomic E-state index is 5.93. The molecule has 0 radical (unpaired) electrons. The molecule has 0 bridgehead atoms. The average Bonchev–Trinajstić information content (AvgIpc) is 2.96. The zero-order valence-corrected chi connectivity index (χ0v) is 18.5. The molecule has 5 nitrogen and oxygen atoms in total. The van der Waals surface area contributed by atoms with Gasteiger partial charge in [0.05, 0.1) is 5.69 Å². The molecule has 1 aliphatic heterocycles. The summed E-state index contributed by atoms with van der Waals surface area (Å²) in [5.41, 5.74) is 4.34. The van der Waals surface area contributed by atoms with Crippen molar-refractivity contribution in [1.29, 1.82) is 0 Å². The lowest BCUT2D eigenvalue weighted by molar-refractivity contribution is 0.0812. The average molecular weight is 385 g/mol. The molecule has 0 atom stereocenters. The van der Waals surface area contributed by atoms with E-state index in [1.165, 1.54) is 5.57 Å². The molecule has 2 aromatic rings. The van der Waals surface area contributed by atoms with Crippen molar-refractivity contribution < 1.29 is 4.74 Å². The molecule has 0 unspecified atom stereocenters. The van der Waals surface area contributed by atoms with E-state index in [4.69, 9.17) is 14.8 Å². The highest BCUT2D eigenvalue weighted by molar-refractivity contribution is 6.76. The number of ether oxygens (including phenoxy) is 1. The van der Waals surface area contributed by atoms with Crippen molar-refractivity contribution in [3.8, 4) is 0 Å². The van der Waals surface area contributed by atoms with E-state index in [9.17, 15) is 0 Å². The zero-order valence-electron chi connectivity index (χ0n) is 17.5. The quantitative estimate of drug-likeness (QED) is 0.519. The van der Waals surface area contributed by atoms with Gasteiger partial charge in [0.25, 0.3) is 0 Å². The third-order valence-electron chi connectivity index (χ3n) is 4.76. The van der Waals surface area contributed by atoms with Gasteiger partial charge in [-0.05, 0) is 36.2 Å². The fourth-order valence-corrected chi connectivity index (χ4v) is 3.84. The summed E-state index contributed by atoms with van der Waals surface area (Å²) in [4.78, 5) is 9.28. The van der Waals surface area contributed by atoms with Gasteiger partial charge < -0.3 is 4.74 Å². The van der Waals surface area contributed by atoms with Crippen molar-refractivity contribution in [3.63, 3.8) is 0 Å². The summed E-state index contributed by atoms with van der Waals surface area (Å²) in [6.45, 7) is 15.8. The van der Waals surface area contributed by atoms with Gasteiger partial charge in [0.1, 0.15) is 6.73 Å². The second kappa shape index (κ2) is 7.68. The van der Waals surface area contributed by atoms with Crippen molar-refractivity contribution in [1.82, 2.24) is 14.8 Å². The molecule has 2 aromatic heterocycles. The van der Waals surface area contributed by atoms with E-state index >= 15 is 0 Å². The lowest BCUT2D eigenvalue weighted by Gasteiger charge is -2.23. The Morgan fingerprint density at radius 1 is 1.22 bits per heavy atom. The minimum Gasteiger partial charge on any atom is -0.359 e. The van der Waals surface area contributed by atoms with E-state index in [0.29, 0.717) is 6.73 Å². The number of pyridine rings is 1. The van der Waals surface area contributed by atoms with Gasteiger partial charge in [-0.2, -0.15) is 5.10 Å². The van der Waals surface area contributed by atoms with Crippen LogP contribution in [0, 0.1) is 5.41 Å². The SMILES string of the molecule is CC(C)(C)C1=NCCC(c2nn(COCC[Si](C)(C)C)c3ncccc23)=C1. The monoisotopic (exact) mass is 384 g/mol. The van der Waals surface area contributed by atoms with Crippen LogP contribution in [0.3, 0.4) is 0 Å². The highest BCUT2D eigenvalue weighted by Crippen LogP contribution is 2.30. The van der Waals surface area contributed by atoms with E-state index < -0.39 is 8.07 Å². The number of allylic oxidation sites excluding steroid dienone is 1. The lowest BCUT2D eigenvalue weighted by Crippen LogP contribution is -2.22. The number of dihydropyridines is 1. The van der Waals surface area contributed by atoms with Crippen LogP contribution in [0.15, 0.2) is 29.4 Å². The summed E-state index contributed by atoms with van der Waals surface area (Å²) >= 11 is 0. The predicted molar refractivity (Wildman–Crippen MR) is 116 cm³/mol. The molecule has 0 saturated carbocycles. The molecule has 0 N–H and O–H groups in total. The van der Waals surface area contributed by atoms with E-state index in [1.807, 2.05) is 16.9 Å². The van der Waals surface area contributed by atoms with E-state index in [2.05, 4.69) is 57.5 Å². The first-order chi connectivity index (χ1) is 12.6. The molecule has 0 aliphatic carbocycles. The number of nitrogens with zero attached hydrogens (tertiary/aromatic N) is 4. The summed E-state index contributed by atoms with van der Waals surface area (Å²) < 4.78 is 7.83. The highest BCUT2D eigenvalue weighted by Gasteiger charge is 2.23. The highest BCUT2D eigenvalue weighted by atomic mass is 28.3. The lowest BCUT2D eigenvalue weighted by atomic mass is 9.86. The van der Waals surface area contributed by atoms with Crippen molar-refractivity contribution >= 4 is 30.4 Å². The molecule has 0 spiro atoms. The third-order valence-corrected chi connectivity index (χ3v) is 6.47. The topological polar surface area (TPSA) is 52.3 Å². The molecule has 146 valence electrons. The number of aliphatic imine (C=N–C) groups is 1. The van der Waals surface area contributed by atoms with Crippen LogP contribution in [0.1, 0.15) is 32.9 Å². The molecule has 0 saturated heterocycles. The standard InChI is InChI=1S/C21H32N4OSi/c1-21(2,3)18-14-16(9-11-22-18)19-17-8-7-10-23-20(17)25(24-19)15-26-12-13-27(4,5)6/h7-8,10,14H,9,11-13,15H2,1-6H3. The Labute approximate surface area is 163 Å². The van der Waals surface area contributed by atoms with E-state index in [0.717, 1.165) is 48.1 Å². The van der Waals surface area contributed by atoms with E-state index in [1.54, 1.807) is 0 Å². The van der Waals surface area contributed by atoms with Crippen molar-refractivity contribution in [2.45, 2.75) is 59.6 Å². The minimum absolute atomic E-state index is 0.0439. The summed E-state index contributed by atoms with van der Waals surface area (Å²) in [7, 11) is -1.09. The Morgan fingerprint density at radius 2 is 2.00 bits per heavy atom. The second-order valence-corrected chi connectivity index (χ2v) is 15.1. The smallest absolute Gasteiger partial charge is 0.160 e. The zero-order chi connectivity index (χ0) is 19.7. The maximum absolute atomic E-state index is 5.93. The molecule has 1 aliphatic rings. The van der Waals surface area contributed by atoms with Crippen molar-refractivity contribution in [2.75, 3.05) is 13.2 Å². The largest absolute Gasteiger partial charge is 0.359 e. The first-order valence-corrected chi connectivity index (χ1v) is 13.5. The Balaban J connectivity index is 1.87. The minimum atomic E-state index is -1.09. The fourth-order valence-electron chi connectivity index (χ4n) is 3.09. The molecule has 3 heterocycles. The molecule has 0 amide bonds. The van der Waals surface area contributed by atoms with Gasteiger partial charge in [0, 0.05) is 43.9 Å². The second-order valence-electron chi connectivity index (χ2n) is 9.51. The van der Waals surface area contributed by atoms with Crippen LogP contribution in [0.25, 0.3) is 16.6 Å². The Kier molecular flexibility index (Phi) is 5.67. The van der Waals surface area contributed by atoms with Crippen LogP contribution in [0.2, 0.25) is 25.7 Å². The summed E-state index contributed by atoms with van der Waals surface area (Å²) in [5.74, 6) is 0. The first-order valence-electron chi connectivity index (χ1n) is 9.80. The number of hydrogen-bond donors (Lipinski definition) is 0. The molecular formula is C21H32N4OSi. The number of hydrogen-bond acceptors (Lipinski definition) is 4. The van der Waals surface area contributed by atoms with Crippen LogP contribution >= 0.6 is 0 Å². The number of aromatic nitrogens is 3. The number of rotatable bonds is 6. The third kappa shape index (κ3) is 4.93. The van der Waals surface area contributed by atoms with Gasteiger partial charge in [-0.25, -0.2) is 9.67 Å². The summed E-state index contributed by atoms with van der Waals surface area (Å²) in [6, 6.07) is 5.24. The molecule has 0 fully saturated rings. The Bertz CT molecular complexity index is 868. The number of fused-ring (bicyclic) bond motifs is 1. The fraction of sp³-hybridized carbons (Fsp3) is 0.571. The molecule has 3 rings (SSSR count). The van der Waals surface area contributed by atoms with Crippen LogP contribution in [-0.4, -0.2) is 41.7 Å². The van der Waals surface area contributed by atoms with Crippen molar-refractivity contribution in [3.05, 3.63) is 30.1 Å². The van der Waals surface area contributed by atoms with Crippen LogP contribution in [0.4, 0.5) is 0 Å². The Hall–Kier alpha value is -1.79. The van der Waals surface area contributed by atoms with Gasteiger partial charge in [0.15, 0.2) is 5.65 Å². The molecular weight excluding hydrogens is 352 g/mol.